The first-order chi connectivity index (χ1) is 11.9. The lowest BCUT2D eigenvalue weighted by Gasteiger charge is -2.21. The van der Waals surface area contributed by atoms with Gasteiger partial charge >= 0.3 is 6.03 Å². The van der Waals surface area contributed by atoms with E-state index >= 15 is 0 Å². The number of urea groups is 1. The van der Waals surface area contributed by atoms with E-state index in [1.54, 1.807) is 17.0 Å². The number of amides is 2. The highest BCUT2D eigenvalue weighted by Crippen LogP contribution is 2.09. The van der Waals surface area contributed by atoms with Gasteiger partial charge in [-0.05, 0) is 36.6 Å². The van der Waals surface area contributed by atoms with Crippen molar-refractivity contribution in [2.24, 2.45) is 5.14 Å². The van der Waals surface area contributed by atoms with Crippen LogP contribution in [0.25, 0.3) is 0 Å². The maximum absolute atomic E-state index is 12.3. The lowest BCUT2D eigenvalue weighted by atomic mass is 10.1. The second kappa shape index (κ2) is 8.64. The summed E-state index contributed by atoms with van der Waals surface area (Å²) in [5, 5.41) is 7.96. The number of sulfonamides is 1. The maximum atomic E-state index is 12.3. The van der Waals surface area contributed by atoms with Crippen LogP contribution < -0.4 is 10.5 Å². The minimum absolute atomic E-state index is 0.0836. The van der Waals surface area contributed by atoms with Crippen LogP contribution in [0.15, 0.2) is 59.5 Å². The number of nitrogens with zero attached hydrogens (tertiary/aromatic N) is 1. The number of nitrogens with one attached hydrogen (secondary N) is 1. The van der Waals surface area contributed by atoms with Crippen molar-refractivity contribution in [3.63, 3.8) is 0 Å². The number of benzene rings is 2. The van der Waals surface area contributed by atoms with Crippen molar-refractivity contribution in [1.82, 2.24) is 10.2 Å². The van der Waals surface area contributed by atoms with Crippen LogP contribution >= 0.6 is 0 Å². The van der Waals surface area contributed by atoms with Crippen molar-refractivity contribution >= 4 is 16.1 Å². The van der Waals surface area contributed by atoms with E-state index in [9.17, 15) is 13.2 Å². The molecule has 2 rings (SSSR count). The normalized spacial score (nSPS) is 11.1. The number of carbonyl (C=O) groups excluding carboxylic acids is 1. The molecule has 0 saturated carbocycles. The van der Waals surface area contributed by atoms with Crippen LogP contribution in [0.5, 0.6) is 0 Å². The minimum atomic E-state index is -3.67. The molecule has 0 aliphatic heterocycles. The van der Waals surface area contributed by atoms with Gasteiger partial charge < -0.3 is 10.2 Å². The Labute approximate surface area is 148 Å². The molecule has 0 spiro atoms. The van der Waals surface area contributed by atoms with Crippen LogP contribution in [-0.4, -0.2) is 32.4 Å². The maximum Gasteiger partial charge on any atom is 0.317 e. The van der Waals surface area contributed by atoms with Crippen molar-refractivity contribution in [2.75, 3.05) is 13.1 Å². The van der Waals surface area contributed by atoms with E-state index in [2.05, 4.69) is 5.32 Å². The van der Waals surface area contributed by atoms with Gasteiger partial charge in [0.05, 0.1) is 4.90 Å². The van der Waals surface area contributed by atoms with E-state index in [1.807, 2.05) is 37.3 Å². The molecule has 134 valence electrons. The fourth-order valence-corrected chi connectivity index (χ4v) is 2.92. The first kappa shape index (κ1) is 19.0. The molecule has 0 aliphatic rings. The summed E-state index contributed by atoms with van der Waals surface area (Å²) in [6.45, 7) is 3.59. The van der Waals surface area contributed by atoms with E-state index in [4.69, 9.17) is 5.14 Å². The Balaban J connectivity index is 1.84. The van der Waals surface area contributed by atoms with E-state index in [1.165, 1.54) is 12.1 Å². The van der Waals surface area contributed by atoms with Crippen LogP contribution in [0.3, 0.4) is 0 Å². The number of hydrogen-bond donors (Lipinski definition) is 2. The lowest BCUT2D eigenvalue weighted by molar-refractivity contribution is 0.198. The van der Waals surface area contributed by atoms with Crippen molar-refractivity contribution in [3.05, 3.63) is 65.7 Å². The van der Waals surface area contributed by atoms with Crippen LogP contribution in [0.4, 0.5) is 4.79 Å². The minimum Gasteiger partial charge on any atom is -0.338 e. The molecular weight excluding hydrogens is 338 g/mol. The Morgan fingerprint density at radius 1 is 1.04 bits per heavy atom. The molecule has 0 saturated heterocycles. The molecule has 2 aromatic carbocycles. The summed E-state index contributed by atoms with van der Waals surface area (Å²) in [7, 11) is -3.67. The fourth-order valence-electron chi connectivity index (χ4n) is 2.40. The number of rotatable bonds is 7. The van der Waals surface area contributed by atoms with Gasteiger partial charge in [0, 0.05) is 19.6 Å². The average Bonchev–Trinajstić information content (AvgIpc) is 2.60. The second-order valence-corrected chi connectivity index (χ2v) is 7.23. The predicted octanol–water partition coefficient (Wildman–Crippen LogP) is 2.11. The molecule has 0 atom stereocenters. The summed E-state index contributed by atoms with van der Waals surface area (Å²) >= 11 is 0. The molecule has 0 heterocycles. The van der Waals surface area contributed by atoms with Crippen molar-refractivity contribution in [3.8, 4) is 0 Å². The van der Waals surface area contributed by atoms with Gasteiger partial charge in [0.25, 0.3) is 0 Å². The number of hydrogen-bond acceptors (Lipinski definition) is 3. The zero-order chi connectivity index (χ0) is 18.3. The molecule has 6 nitrogen and oxygen atoms in total. The highest BCUT2D eigenvalue weighted by atomic mass is 32.2. The molecule has 2 aromatic rings. The van der Waals surface area contributed by atoms with Crippen LogP contribution in [0.2, 0.25) is 0 Å². The SMILES string of the molecule is CCN(Cc1ccccc1)C(=O)NCCc1ccc(S(N)(=O)=O)cc1. The highest BCUT2D eigenvalue weighted by Gasteiger charge is 2.11. The molecule has 0 bridgehead atoms. The Hall–Kier alpha value is -2.38. The smallest absolute Gasteiger partial charge is 0.317 e. The molecule has 0 aliphatic carbocycles. The molecular formula is C18H23N3O3S. The van der Waals surface area contributed by atoms with E-state index in [0.717, 1.165) is 11.1 Å². The molecule has 3 N–H and O–H groups in total. The van der Waals surface area contributed by atoms with Gasteiger partial charge in [0.1, 0.15) is 0 Å². The largest absolute Gasteiger partial charge is 0.338 e. The number of carbonyl (C=O) groups is 1. The van der Waals surface area contributed by atoms with Gasteiger partial charge in [-0.15, -0.1) is 0 Å². The predicted molar refractivity (Wildman–Crippen MR) is 97.4 cm³/mol. The van der Waals surface area contributed by atoms with Gasteiger partial charge in [-0.1, -0.05) is 42.5 Å². The van der Waals surface area contributed by atoms with E-state index in [-0.39, 0.29) is 10.9 Å². The summed E-state index contributed by atoms with van der Waals surface area (Å²) in [6, 6.07) is 16.1. The third-order valence-electron chi connectivity index (χ3n) is 3.83. The first-order valence-corrected chi connectivity index (χ1v) is 9.63. The quantitative estimate of drug-likeness (QED) is 0.791. The molecule has 0 fully saturated rings. The third-order valence-corrected chi connectivity index (χ3v) is 4.76. The Bertz CT molecular complexity index is 790. The number of nitrogens with two attached hydrogens (primary N) is 1. The van der Waals surface area contributed by atoms with Gasteiger partial charge in [-0.3, -0.25) is 0 Å². The monoisotopic (exact) mass is 361 g/mol. The van der Waals surface area contributed by atoms with Crippen molar-refractivity contribution in [2.45, 2.75) is 24.8 Å². The lowest BCUT2D eigenvalue weighted by Crippen LogP contribution is -2.40. The van der Waals surface area contributed by atoms with Crippen molar-refractivity contribution in [1.29, 1.82) is 0 Å². The van der Waals surface area contributed by atoms with Crippen LogP contribution in [0.1, 0.15) is 18.1 Å². The van der Waals surface area contributed by atoms with Gasteiger partial charge in [0.15, 0.2) is 0 Å². The zero-order valence-corrected chi connectivity index (χ0v) is 15.0. The standard InChI is InChI=1S/C18H23N3O3S/c1-2-21(14-16-6-4-3-5-7-16)18(22)20-13-12-15-8-10-17(11-9-15)25(19,23)24/h3-11H,2,12-14H2,1H3,(H,20,22)(H2,19,23,24). The van der Waals surface area contributed by atoms with Crippen LogP contribution in [0, 0.1) is 0 Å². The number of primary sulfonamides is 1. The highest BCUT2D eigenvalue weighted by molar-refractivity contribution is 7.89. The molecule has 0 aromatic heterocycles. The summed E-state index contributed by atoms with van der Waals surface area (Å²) in [4.78, 5) is 14.1. The fraction of sp³-hybridized carbons (Fsp3) is 0.278. The summed E-state index contributed by atoms with van der Waals surface area (Å²) in [6.07, 6.45) is 0.611. The van der Waals surface area contributed by atoms with Crippen molar-refractivity contribution < 1.29 is 13.2 Å². The summed E-state index contributed by atoms with van der Waals surface area (Å²) in [5.41, 5.74) is 2.01. The van der Waals surface area contributed by atoms with Gasteiger partial charge in [-0.25, -0.2) is 18.4 Å². The van der Waals surface area contributed by atoms with E-state index in [0.29, 0.717) is 26.1 Å². The topological polar surface area (TPSA) is 92.5 Å². The average molecular weight is 361 g/mol. The third kappa shape index (κ3) is 5.88. The molecule has 0 radical (unpaired) electrons. The summed E-state index contributed by atoms with van der Waals surface area (Å²) < 4.78 is 22.4. The zero-order valence-electron chi connectivity index (χ0n) is 14.2. The van der Waals surface area contributed by atoms with Gasteiger partial charge in [-0.2, -0.15) is 0 Å². The molecule has 0 unspecified atom stereocenters. The Kier molecular flexibility index (Phi) is 6.55. The first-order valence-electron chi connectivity index (χ1n) is 8.08. The van der Waals surface area contributed by atoms with E-state index < -0.39 is 10.0 Å². The Morgan fingerprint density at radius 3 is 2.24 bits per heavy atom. The molecule has 7 heteroatoms. The second-order valence-electron chi connectivity index (χ2n) is 5.67. The van der Waals surface area contributed by atoms with Crippen LogP contribution in [-0.2, 0) is 23.0 Å². The van der Waals surface area contributed by atoms with Gasteiger partial charge in [0.2, 0.25) is 10.0 Å². The Morgan fingerprint density at radius 2 is 1.68 bits per heavy atom. The summed E-state index contributed by atoms with van der Waals surface area (Å²) in [5.74, 6) is 0. The molecule has 2 amide bonds. The molecule has 25 heavy (non-hydrogen) atoms.